The fourth-order valence-electron chi connectivity index (χ4n) is 0.855. The summed E-state index contributed by atoms with van der Waals surface area (Å²) in [5.41, 5.74) is 1.32. The Kier molecular flexibility index (Phi) is 5.49. The molecule has 1 rings (SSSR count). The van der Waals surface area contributed by atoms with Gasteiger partial charge in [-0.25, -0.2) is 0 Å². The van der Waals surface area contributed by atoms with Crippen LogP contribution in [0.4, 0.5) is 0 Å². The van der Waals surface area contributed by atoms with Crippen molar-refractivity contribution in [2.45, 2.75) is 19.8 Å². The van der Waals surface area contributed by atoms with E-state index in [4.69, 9.17) is 0 Å². The molecular weight excluding hydrogens is 115 g/mol. The first-order valence-electron chi connectivity index (χ1n) is 3.39. The zero-order valence-corrected chi connectivity index (χ0v) is 6.72. The summed E-state index contributed by atoms with van der Waals surface area (Å²) in [6.07, 6.45) is 2.36. The molecule has 0 unspecified atom stereocenters. The molecule has 0 N–H and O–H groups in total. The molecule has 0 saturated carbocycles. The molecule has 0 aliphatic rings. The Morgan fingerprint density at radius 2 is 2.20 bits per heavy atom. The predicted octanol–water partition coefficient (Wildman–Crippen LogP) is -0.557. The van der Waals surface area contributed by atoms with Gasteiger partial charge in [-0.1, -0.05) is 19.8 Å². The van der Waals surface area contributed by atoms with Gasteiger partial charge in [-0.15, -0.1) is 0 Å². The van der Waals surface area contributed by atoms with E-state index < -0.39 is 0 Å². The molecule has 1 heteroatoms. The molecule has 1 aromatic carbocycles. The third-order valence-electron chi connectivity index (χ3n) is 1.29. The molecule has 0 aromatic heterocycles. The van der Waals surface area contributed by atoms with Crippen molar-refractivity contribution in [2.75, 3.05) is 0 Å². The Bertz CT molecular complexity index is 158. The Hall–Kier alpha value is -0.183. The van der Waals surface area contributed by atoms with Crippen LogP contribution in [-0.2, 0) is 6.42 Å². The van der Waals surface area contributed by atoms with Crippen molar-refractivity contribution in [3.05, 3.63) is 35.9 Å². The van der Waals surface area contributed by atoms with Crippen LogP contribution in [0.25, 0.3) is 0 Å². The van der Waals surface area contributed by atoms with Gasteiger partial charge in [0, 0.05) is 0 Å². The van der Waals surface area contributed by atoms with E-state index in [2.05, 4.69) is 25.1 Å². The fourth-order valence-corrected chi connectivity index (χ4v) is 0.855. The van der Waals surface area contributed by atoms with Gasteiger partial charge in [0.05, 0.1) is 0 Å². The second kappa shape index (κ2) is 5.59. The zero-order chi connectivity index (χ0) is 6.53. The molecule has 0 spiro atoms. The molecule has 0 aliphatic heterocycles. The monoisotopic (exact) mass is 126 g/mol. The Morgan fingerprint density at radius 1 is 1.40 bits per heavy atom. The molecule has 0 saturated heterocycles. The third kappa shape index (κ3) is 3.10. The maximum atomic E-state index is 3.17. The molecule has 0 heterocycles. The number of aryl methyl sites for hydroxylation is 1. The summed E-state index contributed by atoms with van der Waals surface area (Å²) in [6.45, 7) is 2.18. The molecule has 1 aromatic rings. The molecular formula is C9H11Li. The van der Waals surface area contributed by atoms with E-state index in [0.29, 0.717) is 0 Å². The summed E-state index contributed by atoms with van der Waals surface area (Å²) in [5.74, 6) is 0. The van der Waals surface area contributed by atoms with Crippen molar-refractivity contribution in [1.82, 2.24) is 0 Å². The SMILES string of the molecule is CCCc1[c-]cccc1.[Li+]. The maximum absolute atomic E-state index is 3.17. The van der Waals surface area contributed by atoms with Gasteiger partial charge < -0.3 is 0 Å². The molecule has 10 heavy (non-hydrogen) atoms. The fraction of sp³-hybridized carbons (Fsp3) is 0.333. The van der Waals surface area contributed by atoms with Crippen LogP contribution in [0.5, 0.6) is 0 Å². The molecule has 0 aliphatic carbocycles. The summed E-state index contributed by atoms with van der Waals surface area (Å²) in [4.78, 5) is 0. The van der Waals surface area contributed by atoms with Crippen molar-refractivity contribution in [1.29, 1.82) is 0 Å². The topological polar surface area (TPSA) is 0 Å². The minimum absolute atomic E-state index is 0. The second-order valence-corrected chi connectivity index (χ2v) is 2.14. The number of rotatable bonds is 2. The molecule has 0 nitrogen and oxygen atoms in total. The summed E-state index contributed by atoms with van der Waals surface area (Å²) in [6, 6.07) is 11.3. The van der Waals surface area contributed by atoms with Gasteiger partial charge in [0.1, 0.15) is 0 Å². The third-order valence-corrected chi connectivity index (χ3v) is 1.29. The van der Waals surface area contributed by atoms with Crippen LogP contribution in [0.2, 0.25) is 0 Å². The zero-order valence-electron chi connectivity index (χ0n) is 6.72. The Balaban J connectivity index is 0.000000810. The largest absolute Gasteiger partial charge is 1.00 e. The Morgan fingerprint density at radius 3 is 2.70 bits per heavy atom. The second-order valence-electron chi connectivity index (χ2n) is 2.14. The van der Waals surface area contributed by atoms with E-state index in [9.17, 15) is 0 Å². The molecule has 0 atom stereocenters. The van der Waals surface area contributed by atoms with Gasteiger partial charge in [0.15, 0.2) is 0 Å². The average Bonchev–Trinajstić information content (AvgIpc) is 1.91. The van der Waals surface area contributed by atoms with Crippen LogP contribution >= 0.6 is 0 Å². The van der Waals surface area contributed by atoms with Gasteiger partial charge >= 0.3 is 18.9 Å². The van der Waals surface area contributed by atoms with Crippen LogP contribution in [0.15, 0.2) is 24.3 Å². The molecule has 0 radical (unpaired) electrons. The van der Waals surface area contributed by atoms with Crippen LogP contribution < -0.4 is 18.9 Å². The quantitative estimate of drug-likeness (QED) is 0.368. The van der Waals surface area contributed by atoms with Crippen molar-refractivity contribution in [3.8, 4) is 0 Å². The average molecular weight is 126 g/mol. The van der Waals surface area contributed by atoms with Crippen LogP contribution in [-0.4, -0.2) is 0 Å². The first-order valence-corrected chi connectivity index (χ1v) is 3.39. The molecule has 0 amide bonds. The van der Waals surface area contributed by atoms with Crippen molar-refractivity contribution in [3.63, 3.8) is 0 Å². The number of hydrogen-bond acceptors (Lipinski definition) is 0. The minimum Gasteiger partial charge on any atom is -0.180 e. The first-order chi connectivity index (χ1) is 4.43. The molecule has 0 bridgehead atoms. The standard InChI is InChI=1S/C9H11.Li/c1-2-6-9-7-4-3-5-8-9;/h3-5,7H,2,6H2,1H3;/q-1;+1. The smallest absolute Gasteiger partial charge is 0.180 e. The van der Waals surface area contributed by atoms with Crippen molar-refractivity contribution >= 4 is 0 Å². The molecule has 48 valence electrons. The van der Waals surface area contributed by atoms with E-state index in [1.165, 1.54) is 12.0 Å². The Labute approximate surface area is 74.8 Å². The van der Waals surface area contributed by atoms with E-state index in [0.717, 1.165) is 6.42 Å². The molecule has 0 fully saturated rings. The van der Waals surface area contributed by atoms with Gasteiger partial charge in [0.25, 0.3) is 0 Å². The van der Waals surface area contributed by atoms with Gasteiger partial charge in [0.2, 0.25) is 0 Å². The van der Waals surface area contributed by atoms with Crippen molar-refractivity contribution < 1.29 is 18.9 Å². The summed E-state index contributed by atoms with van der Waals surface area (Å²) in [7, 11) is 0. The number of hydrogen-bond donors (Lipinski definition) is 0. The summed E-state index contributed by atoms with van der Waals surface area (Å²) in [5, 5.41) is 0. The normalized spacial score (nSPS) is 8.50. The van der Waals surface area contributed by atoms with Crippen LogP contribution in [0, 0.1) is 6.07 Å². The van der Waals surface area contributed by atoms with E-state index in [-0.39, 0.29) is 18.9 Å². The summed E-state index contributed by atoms with van der Waals surface area (Å²) >= 11 is 0. The number of benzene rings is 1. The summed E-state index contributed by atoms with van der Waals surface area (Å²) < 4.78 is 0. The van der Waals surface area contributed by atoms with Gasteiger partial charge in [-0.3, -0.25) is 0 Å². The van der Waals surface area contributed by atoms with E-state index >= 15 is 0 Å². The van der Waals surface area contributed by atoms with Crippen LogP contribution in [0.3, 0.4) is 0 Å². The first kappa shape index (κ1) is 9.82. The predicted molar refractivity (Wildman–Crippen MR) is 39.3 cm³/mol. The van der Waals surface area contributed by atoms with E-state index in [1.807, 2.05) is 12.1 Å². The van der Waals surface area contributed by atoms with Crippen LogP contribution in [0.1, 0.15) is 18.9 Å². The van der Waals surface area contributed by atoms with Crippen molar-refractivity contribution in [2.24, 2.45) is 0 Å². The van der Waals surface area contributed by atoms with Gasteiger partial charge in [-0.05, 0) is 0 Å². The van der Waals surface area contributed by atoms with Gasteiger partial charge in [-0.2, -0.15) is 35.9 Å². The minimum atomic E-state index is 0. The van der Waals surface area contributed by atoms with E-state index in [1.54, 1.807) is 0 Å². The maximum Gasteiger partial charge on any atom is 1.00 e.